The number of carbonyl (C=O) groups is 1. The maximum atomic E-state index is 10.9. The molecule has 0 saturated heterocycles. The molecule has 15 heavy (non-hydrogen) atoms. The van der Waals surface area contributed by atoms with E-state index in [9.17, 15) is 4.79 Å². The second-order valence-electron chi connectivity index (χ2n) is 4.32. The highest BCUT2D eigenvalue weighted by Crippen LogP contribution is 2.29. The zero-order chi connectivity index (χ0) is 11.0. The van der Waals surface area contributed by atoms with Crippen molar-refractivity contribution < 1.29 is 9.90 Å². The Morgan fingerprint density at radius 1 is 1.60 bits per heavy atom. The van der Waals surface area contributed by atoms with Crippen LogP contribution < -0.4 is 0 Å². The van der Waals surface area contributed by atoms with Crippen molar-refractivity contribution in [2.24, 2.45) is 5.92 Å². The summed E-state index contributed by atoms with van der Waals surface area (Å²) in [5, 5.41) is 8.98. The third-order valence-electron chi connectivity index (χ3n) is 3.47. The lowest BCUT2D eigenvalue weighted by Gasteiger charge is -2.18. The van der Waals surface area contributed by atoms with Crippen molar-refractivity contribution in [1.29, 1.82) is 0 Å². The van der Waals surface area contributed by atoms with E-state index in [2.05, 4.69) is 18.8 Å². The first-order chi connectivity index (χ1) is 7.13. The number of carboxylic acids is 1. The van der Waals surface area contributed by atoms with Gasteiger partial charge < -0.3 is 10.1 Å². The average Bonchev–Trinajstić information content (AvgIpc) is 2.55. The number of rotatable bonds is 2. The lowest BCUT2D eigenvalue weighted by Crippen LogP contribution is -2.22. The van der Waals surface area contributed by atoms with E-state index < -0.39 is 5.97 Å². The standard InChI is InChI=1S/C12H17NO2/c1-3-10-7(2)9-5-4-8(12(14)15)6-11(9)13-10/h8,13H,3-6H2,1-2H3,(H,14,15). The van der Waals surface area contributed by atoms with Crippen LogP contribution in [-0.2, 0) is 24.1 Å². The van der Waals surface area contributed by atoms with Gasteiger partial charge in [-0.05, 0) is 37.3 Å². The van der Waals surface area contributed by atoms with E-state index in [0.717, 1.165) is 25.0 Å². The molecule has 2 rings (SSSR count). The van der Waals surface area contributed by atoms with Crippen molar-refractivity contribution in [2.45, 2.75) is 39.5 Å². The highest BCUT2D eigenvalue weighted by molar-refractivity contribution is 5.71. The summed E-state index contributed by atoms with van der Waals surface area (Å²) in [5.74, 6) is -0.855. The van der Waals surface area contributed by atoms with Crippen molar-refractivity contribution in [3.05, 3.63) is 22.5 Å². The first kappa shape index (κ1) is 10.3. The number of aliphatic carboxylic acids is 1. The molecule has 1 aliphatic rings. The van der Waals surface area contributed by atoms with E-state index in [4.69, 9.17) is 5.11 Å². The number of hydrogen-bond acceptors (Lipinski definition) is 1. The highest BCUT2D eigenvalue weighted by Gasteiger charge is 2.27. The molecule has 1 heterocycles. The fourth-order valence-corrected chi connectivity index (χ4v) is 2.50. The Hall–Kier alpha value is -1.25. The summed E-state index contributed by atoms with van der Waals surface area (Å²) in [5.41, 5.74) is 5.13. The van der Waals surface area contributed by atoms with Crippen LogP contribution in [0.4, 0.5) is 0 Å². The summed E-state index contributed by atoms with van der Waals surface area (Å²) < 4.78 is 0. The molecule has 82 valence electrons. The number of aryl methyl sites for hydroxylation is 1. The van der Waals surface area contributed by atoms with Crippen molar-refractivity contribution in [3.63, 3.8) is 0 Å². The van der Waals surface area contributed by atoms with Gasteiger partial charge in [-0.15, -0.1) is 0 Å². The van der Waals surface area contributed by atoms with Gasteiger partial charge in [0, 0.05) is 17.8 Å². The Kier molecular flexibility index (Phi) is 2.55. The lowest BCUT2D eigenvalue weighted by atomic mass is 9.86. The normalized spacial score (nSPS) is 20.0. The summed E-state index contributed by atoms with van der Waals surface area (Å²) >= 11 is 0. The van der Waals surface area contributed by atoms with Crippen molar-refractivity contribution in [3.8, 4) is 0 Å². The predicted molar refractivity (Wildman–Crippen MR) is 58.1 cm³/mol. The molecule has 0 spiro atoms. The van der Waals surface area contributed by atoms with Gasteiger partial charge in [0.05, 0.1) is 5.92 Å². The van der Waals surface area contributed by atoms with E-state index in [1.54, 1.807) is 0 Å². The summed E-state index contributed by atoms with van der Waals surface area (Å²) in [6.45, 7) is 4.26. The summed E-state index contributed by atoms with van der Waals surface area (Å²) in [7, 11) is 0. The molecule has 0 saturated carbocycles. The predicted octanol–water partition coefficient (Wildman–Crippen LogP) is 2.08. The zero-order valence-corrected chi connectivity index (χ0v) is 9.26. The van der Waals surface area contributed by atoms with Crippen LogP contribution in [0.2, 0.25) is 0 Å². The molecule has 1 aromatic heterocycles. The largest absolute Gasteiger partial charge is 0.481 e. The monoisotopic (exact) mass is 207 g/mol. The molecule has 2 N–H and O–H groups in total. The average molecular weight is 207 g/mol. The minimum Gasteiger partial charge on any atom is -0.481 e. The molecule has 3 heteroatoms. The van der Waals surface area contributed by atoms with Gasteiger partial charge in [0.2, 0.25) is 0 Å². The molecule has 0 aliphatic heterocycles. The van der Waals surface area contributed by atoms with Crippen LogP contribution in [0.3, 0.4) is 0 Å². The first-order valence-corrected chi connectivity index (χ1v) is 5.55. The Balaban J connectivity index is 2.31. The third kappa shape index (κ3) is 1.66. The van der Waals surface area contributed by atoms with Gasteiger partial charge in [-0.2, -0.15) is 0 Å². The summed E-state index contributed by atoms with van der Waals surface area (Å²) in [4.78, 5) is 14.3. The van der Waals surface area contributed by atoms with E-state index in [1.165, 1.54) is 16.8 Å². The molecular weight excluding hydrogens is 190 g/mol. The van der Waals surface area contributed by atoms with E-state index in [1.807, 2.05) is 0 Å². The van der Waals surface area contributed by atoms with Crippen LogP contribution >= 0.6 is 0 Å². The number of aromatic amines is 1. The number of hydrogen-bond donors (Lipinski definition) is 2. The number of H-pyrrole nitrogens is 1. The Morgan fingerprint density at radius 2 is 2.33 bits per heavy atom. The number of fused-ring (bicyclic) bond motifs is 1. The first-order valence-electron chi connectivity index (χ1n) is 5.55. The van der Waals surface area contributed by atoms with Gasteiger partial charge in [-0.1, -0.05) is 6.92 Å². The van der Waals surface area contributed by atoms with Crippen LogP contribution in [0.1, 0.15) is 35.9 Å². The van der Waals surface area contributed by atoms with Gasteiger partial charge in [0.1, 0.15) is 0 Å². The van der Waals surface area contributed by atoms with E-state index in [-0.39, 0.29) is 5.92 Å². The van der Waals surface area contributed by atoms with E-state index in [0.29, 0.717) is 6.42 Å². The molecule has 0 radical (unpaired) electrons. The van der Waals surface area contributed by atoms with Gasteiger partial charge in [-0.3, -0.25) is 4.79 Å². The van der Waals surface area contributed by atoms with Crippen molar-refractivity contribution >= 4 is 5.97 Å². The fourth-order valence-electron chi connectivity index (χ4n) is 2.50. The Bertz CT molecular complexity index is 393. The molecule has 3 nitrogen and oxygen atoms in total. The van der Waals surface area contributed by atoms with Gasteiger partial charge in [-0.25, -0.2) is 0 Å². The zero-order valence-electron chi connectivity index (χ0n) is 9.26. The van der Waals surface area contributed by atoms with Crippen LogP contribution in [0, 0.1) is 12.8 Å². The number of nitrogens with one attached hydrogen (secondary N) is 1. The maximum absolute atomic E-state index is 10.9. The molecular formula is C12H17NO2. The van der Waals surface area contributed by atoms with Gasteiger partial charge >= 0.3 is 5.97 Å². The molecule has 0 amide bonds. The molecule has 1 unspecified atom stereocenters. The molecule has 0 fully saturated rings. The Morgan fingerprint density at radius 3 is 2.93 bits per heavy atom. The fraction of sp³-hybridized carbons (Fsp3) is 0.583. The highest BCUT2D eigenvalue weighted by atomic mass is 16.4. The minimum atomic E-state index is -0.661. The van der Waals surface area contributed by atoms with Crippen LogP contribution in [0.15, 0.2) is 0 Å². The van der Waals surface area contributed by atoms with E-state index >= 15 is 0 Å². The summed E-state index contributed by atoms with van der Waals surface area (Å²) in [6, 6.07) is 0. The second kappa shape index (κ2) is 3.72. The molecule has 0 aromatic carbocycles. The SMILES string of the molecule is CCc1[nH]c2c(c1C)CCC(C(=O)O)C2. The topological polar surface area (TPSA) is 53.1 Å². The molecule has 0 bridgehead atoms. The van der Waals surface area contributed by atoms with Crippen LogP contribution in [0.5, 0.6) is 0 Å². The summed E-state index contributed by atoms with van der Waals surface area (Å²) in [6.07, 6.45) is 3.36. The van der Waals surface area contributed by atoms with Crippen LogP contribution in [-0.4, -0.2) is 16.1 Å². The van der Waals surface area contributed by atoms with Gasteiger partial charge in [0.15, 0.2) is 0 Å². The number of carboxylic acid groups (broad SMARTS) is 1. The van der Waals surface area contributed by atoms with Gasteiger partial charge in [0.25, 0.3) is 0 Å². The second-order valence-corrected chi connectivity index (χ2v) is 4.32. The minimum absolute atomic E-state index is 0.194. The van der Waals surface area contributed by atoms with Crippen LogP contribution in [0.25, 0.3) is 0 Å². The lowest BCUT2D eigenvalue weighted by molar-refractivity contribution is -0.142. The molecule has 1 aromatic rings. The Labute approximate surface area is 89.5 Å². The molecule has 1 aliphatic carbocycles. The maximum Gasteiger partial charge on any atom is 0.306 e. The number of aromatic nitrogens is 1. The quantitative estimate of drug-likeness (QED) is 0.780. The molecule has 1 atom stereocenters. The third-order valence-corrected chi connectivity index (χ3v) is 3.47. The van der Waals surface area contributed by atoms with Crippen molar-refractivity contribution in [1.82, 2.24) is 4.98 Å². The smallest absolute Gasteiger partial charge is 0.306 e. The van der Waals surface area contributed by atoms with Crippen molar-refractivity contribution in [2.75, 3.05) is 0 Å².